The number of rotatable bonds is 3. The molecule has 4 heterocycles. The van der Waals surface area contributed by atoms with Crippen LogP contribution in [0.1, 0.15) is 58.1 Å². The molecule has 0 radical (unpaired) electrons. The Kier molecular flexibility index (Phi) is 4.86. The van der Waals surface area contributed by atoms with Gasteiger partial charge >= 0.3 is 0 Å². The number of aryl methyl sites for hydroxylation is 1. The molecule has 0 unspecified atom stereocenters. The summed E-state index contributed by atoms with van der Waals surface area (Å²) in [6, 6.07) is 4.83. The Labute approximate surface area is 194 Å². The lowest BCUT2D eigenvalue weighted by Crippen LogP contribution is -2.38. The minimum atomic E-state index is -0.253. The van der Waals surface area contributed by atoms with Crippen molar-refractivity contribution in [1.29, 1.82) is 0 Å². The van der Waals surface area contributed by atoms with Crippen molar-refractivity contribution >= 4 is 16.8 Å². The van der Waals surface area contributed by atoms with E-state index >= 15 is 0 Å². The molecule has 0 spiro atoms. The van der Waals surface area contributed by atoms with Gasteiger partial charge in [0.1, 0.15) is 5.82 Å². The van der Waals surface area contributed by atoms with E-state index in [2.05, 4.69) is 20.1 Å². The highest BCUT2D eigenvalue weighted by Crippen LogP contribution is 2.34. The Hall–Kier alpha value is -3.75. The van der Waals surface area contributed by atoms with E-state index in [0.717, 1.165) is 54.3 Å². The Bertz CT molecular complexity index is 1470. The molecule has 34 heavy (non-hydrogen) atoms. The maximum Gasteiger partial charge on any atom is 0.257 e. The minimum absolute atomic E-state index is 0.0632. The third kappa shape index (κ3) is 3.34. The zero-order valence-corrected chi connectivity index (χ0v) is 18.9. The van der Waals surface area contributed by atoms with Crippen LogP contribution >= 0.6 is 0 Å². The Balaban J connectivity index is 1.19. The number of carbonyl (C=O) groups is 1. The van der Waals surface area contributed by atoms with Gasteiger partial charge in [-0.05, 0) is 68.7 Å². The summed E-state index contributed by atoms with van der Waals surface area (Å²) in [4.78, 5) is 38.1. The summed E-state index contributed by atoms with van der Waals surface area (Å²) in [5.74, 6) is 0.354. The van der Waals surface area contributed by atoms with Crippen molar-refractivity contribution in [3.05, 3.63) is 74.8 Å². The smallest absolute Gasteiger partial charge is 0.257 e. The number of piperidine rings is 1. The number of hydrogen-bond donors (Lipinski definition) is 2. The van der Waals surface area contributed by atoms with E-state index in [4.69, 9.17) is 0 Å². The first-order valence-electron chi connectivity index (χ1n) is 11.7. The number of benzene rings is 1. The predicted octanol–water partition coefficient (Wildman–Crippen LogP) is 3.39. The van der Waals surface area contributed by atoms with Crippen LogP contribution in [0.3, 0.4) is 0 Å². The zero-order valence-electron chi connectivity index (χ0n) is 18.9. The molecule has 2 N–H and O–H groups in total. The van der Waals surface area contributed by atoms with E-state index in [1.165, 1.54) is 17.7 Å². The third-order valence-electron chi connectivity index (χ3n) is 7.27. The molecule has 1 fully saturated rings. The minimum Gasteiger partial charge on any atom is -0.361 e. The summed E-state index contributed by atoms with van der Waals surface area (Å²) in [5, 5.41) is 5.41. The number of fused-ring (bicyclic) bond motifs is 2. The highest BCUT2D eigenvalue weighted by Gasteiger charge is 2.28. The second-order valence-corrected chi connectivity index (χ2v) is 9.22. The average molecular weight is 461 g/mol. The van der Waals surface area contributed by atoms with Crippen LogP contribution in [0.4, 0.5) is 4.39 Å². The van der Waals surface area contributed by atoms with E-state index in [1.54, 1.807) is 10.9 Å². The number of nitrogens with one attached hydrogen (secondary N) is 2. The molecule has 1 saturated heterocycles. The Morgan fingerprint density at radius 3 is 2.85 bits per heavy atom. The van der Waals surface area contributed by atoms with E-state index in [0.29, 0.717) is 36.2 Å². The number of likely N-dealkylation sites (tertiary alicyclic amines) is 1. The van der Waals surface area contributed by atoms with Gasteiger partial charge in [0.05, 0.1) is 23.1 Å². The largest absolute Gasteiger partial charge is 0.361 e. The maximum absolute atomic E-state index is 13.5. The molecule has 0 bridgehead atoms. The lowest BCUT2D eigenvalue weighted by Gasteiger charge is -2.32. The van der Waals surface area contributed by atoms with Gasteiger partial charge in [-0.25, -0.2) is 14.1 Å². The molecule has 0 saturated carbocycles. The fraction of sp³-hybridized carbons (Fsp3) is 0.360. The maximum atomic E-state index is 13.5. The number of carbonyl (C=O) groups excluding carboxylic acids is 1. The molecule has 9 heteroatoms. The van der Waals surface area contributed by atoms with E-state index in [9.17, 15) is 14.0 Å². The average Bonchev–Trinajstić information content (AvgIpc) is 3.57. The van der Waals surface area contributed by atoms with Crippen molar-refractivity contribution in [2.45, 2.75) is 44.9 Å². The highest BCUT2D eigenvalue weighted by atomic mass is 19.1. The first kappa shape index (κ1) is 20.8. The van der Waals surface area contributed by atoms with Crippen molar-refractivity contribution < 1.29 is 9.18 Å². The van der Waals surface area contributed by atoms with Gasteiger partial charge in [0.25, 0.3) is 11.5 Å². The third-order valence-corrected chi connectivity index (χ3v) is 7.27. The van der Waals surface area contributed by atoms with Crippen molar-refractivity contribution in [3.63, 3.8) is 0 Å². The first-order chi connectivity index (χ1) is 16.5. The molecule has 1 aliphatic carbocycles. The van der Waals surface area contributed by atoms with Gasteiger partial charge in [0.2, 0.25) is 5.95 Å². The van der Waals surface area contributed by atoms with Crippen LogP contribution in [0.25, 0.3) is 16.9 Å². The summed E-state index contributed by atoms with van der Waals surface area (Å²) in [6.45, 7) is 3.09. The van der Waals surface area contributed by atoms with Gasteiger partial charge in [-0.2, -0.15) is 5.10 Å². The fourth-order valence-electron chi connectivity index (χ4n) is 5.38. The second kappa shape index (κ2) is 7.93. The summed E-state index contributed by atoms with van der Waals surface area (Å²) in [7, 11) is 0. The number of aromatic nitrogens is 5. The summed E-state index contributed by atoms with van der Waals surface area (Å²) in [6.07, 6.45) is 7.67. The van der Waals surface area contributed by atoms with Crippen molar-refractivity contribution in [1.82, 2.24) is 29.6 Å². The van der Waals surface area contributed by atoms with Crippen LogP contribution in [0.15, 0.2) is 35.4 Å². The van der Waals surface area contributed by atoms with Crippen LogP contribution in [-0.2, 0) is 12.8 Å². The molecule has 4 aromatic rings. The van der Waals surface area contributed by atoms with E-state index in [-0.39, 0.29) is 17.3 Å². The fourth-order valence-corrected chi connectivity index (χ4v) is 5.38. The van der Waals surface area contributed by atoms with Gasteiger partial charge in [-0.15, -0.1) is 0 Å². The number of halogens is 1. The molecule has 0 atom stereocenters. The number of amides is 1. The quantitative estimate of drug-likeness (QED) is 0.490. The van der Waals surface area contributed by atoms with Gasteiger partial charge in [-0.1, -0.05) is 0 Å². The molecular weight excluding hydrogens is 435 g/mol. The zero-order chi connectivity index (χ0) is 23.4. The molecule has 2 aliphatic rings. The van der Waals surface area contributed by atoms with Gasteiger partial charge in [0.15, 0.2) is 0 Å². The number of nitrogens with zero attached hydrogens (tertiary/aromatic N) is 4. The van der Waals surface area contributed by atoms with Gasteiger partial charge in [0, 0.05) is 35.8 Å². The van der Waals surface area contributed by atoms with Crippen LogP contribution in [0.5, 0.6) is 0 Å². The first-order valence-corrected chi connectivity index (χ1v) is 11.7. The van der Waals surface area contributed by atoms with Crippen LogP contribution in [-0.4, -0.2) is 48.6 Å². The van der Waals surface area contributed by atoms with E-state index in [1.807, 2.05) is 24.1 Å². The predicted molar refractivity (Wildman–Crippen MR) is 125 cm³/mol. The van der Waals surface area contributed by atoms with Gasteiger partial charge in [-0.3, -0.25) is 14.6 Å². The van der Waals surface area contributed by atoms with Gasteiger partial charge < -0.3 is 9.88 Å². The number of aromatic amines is 2. The van der Waals surface area contributed by atoms with E-state index < -0.39 is 0 Å². The molecule has 8 nitrogen and oxygen atoms in total. The lowest BCUT2D eigenvalue weighted by molar-refractivity contribution is 0.0712. The lowest BCUT2D eigenvalue weighted by atomic mass is 9.89. The Morgan fingerprint density at radius 1 is 1.21 bits per heavy atom. The van der Waals surface area contributed by atoms with Crippen LogP contribution in [0, 0.1) is 12.7 Å². The number of hydrogen-bond acceptors (Lipinski definition) is 4. The summed E-state index contributed by atoms with van der Waals surface area (Å²) >= 11 is 0. The van der Waals surface area contributed by atoms with Crippen molar-refractivity contribution in [3.8, 4) is 5.95 Å². The van der Waals surface area contributed by atoms with Crippen LogP contribution < -0.4 is 5.56 Å². The monoisotopic (exact) mass is 460 g/mol. The standard InChI is InChI=1S/C25H25FN6O2/c1-14-19(13-28-32(14)25-29-21-4-2-3-18(21)23(33)30-25)24(34)31-9-7-15(8-10-31)20-12-27-22-11-16(26)5-6-17(20)22/h5-6,11-13,15,27H,2-4,7-10H2,1H3,(H,29,30,33). The summed E-state index contributed by atoms with van der Waals surface area (Å²) in [5.41, 5.74) is 4.61. The SMILES string of the molecule is Cc1c(C(=O)N2CCC(c3c[nH]c4cc(F)ccc34)CC2)cnn1-c1nc2c(c(=O)[nH]1)CCC2. The summed E-state index contributed by atoms with van der Waals surface area (Å²) < 4.78 is 15.1. The molecule has 6 rings (SSSR count). The van der Waals surface area contributed by atoms with Crippen molar-refractivity contribution in [2.24, 2.45) is 0 Å². The molecule has 1 aliphatic heterocycles. The highest BCUT2D eigenvalue weighted by molar-refractivity contribution is 5.95. The molecule has 1 aromatic carbocycles. The topological polar surface area (TPSA) is 99.7 Å². The molecule has 3 aromatic heterocycles. The number of H-pyrrole nitrogens is 2. The van der Waals surface area contributed by atoms with Crippen molar-refractivity contribution in [2.75, 3.05) is 13.1 Å². The normalized spacial score (nSPS) is 16.4. The van der Waals surface area contributed by atoms with Crippen LogP contribution in [0.2, 0.25) is 0 Å². The molecular formula is C25H25FN6O2. The molecule has 1 amide bonds. The Morgan fingerprint density at radius 2 is 2.03 bits per heavy atom. The second-order valence-electron chi connectivity index (χ2n) is 9.22. The molecule has 174 valence electrons.